The van der Waals surface area contributed by atoms with Gasteiger partial charge in [0, 0.05) is 50.3 Å². The number of nitrogens with one attached hydrogen (secondary N) is 1. The lowest BCUT2D eigenvalue weighted by atomic mass is 10.0. The minimum atomic E-state index is -0.662. The standard InChI is InChI=1S/C24H24FN5O4/c25-18-3-1-15(14-31)11-16(18)12-28-7-9-29(10-8-28)21-5-2-17-19(26-21)13-30(24(17)34)20-4-6-22(32)27-23(20)33/h1-3,5,11,14,20H,4,6-10,12-13H2,(H,27,32,33). The first-order chi connectivity index (χ1) is 16.4. The topological polar surface area (TPSA) is 103 Å². The van der Waals surface area contributed by atoms with Crippen molar-refractivity contribution < 1.29 is 23.6 Å². The molecule has 4 heterocycles. The maximum atomic E-state index is 14.1. The summed E-state index contributed by atoms with van der Waals surface area (Å²) in [7, 11) is 0. The number of fused-ring (bicyclic) bond motifs is 1. The van der Waals surface area contributed by atoms with E-state index in [1.54, 1.807) is 12.1 Å². The minimum absolute atomic E-state index is 0.211. The van der Waals surface area contributed by atoms with Gasteiger partial charge in [-0.1, -0.05) is 0 Å². The van der Waals surface area contributed by atoms with Crippen LogP contribution in [-0.4, -0.2) is 71.0 Å². The molecule has 1 aromatic carbocycles. The zero-order valence-electron chi connectivity index (χ0n) is 18.5. The summed E-state index contributed by atoms with van der Waals surface area (Å²) >= 11 is 0. The fourth-order valence-corrected chi connectivity index (χ4v) is 4.77. The number of imide groups is 1. The van der Waals surface area contributed by atoms with Crippen LogP contribution in [0.2, 0.25) is 0 Å². The molecule has 176 valence electrons. The lowest BCUT2D eigenvalue weighted by molar-refractivity contribution is -0.136. The van der Waals surface area contributed by atoms with Gasteiger partial charge in [0.1, 0.15) is 24.0 Å². The Bertz CT molecular complexity index is 1180. The van der Waals surface area contributed by atoms with Gasteiger partial charge in [0.2, 0.25) is 11.8 Å². The molecule has 0 spiro atoms. The highest BCUT2D eigenvalue weighted by atomic mass is 19.1. The van der Waals surface area contributed by atoms with Crippen LogP contribution >= 0.6 is 0 Å². The molecular weight excluding hydrogens is 441 g/mol. The second kappa shape index (κ2) is 8.94. The molecule has 0 aliphatic carbocycles. The van der Waals surface area contributed by atoms with Crippen molar-refractivity contribution in [3.8, 4) is 0 Å². The molecule has 9 nitrogen and oxygen atoms in total. The Morgan fingerprint density at radius 3 is 2.62 bits per heavy atom. The molecule has 3 aliphatic rings. The molecular formula is C24H24FN5O4. The molecule has 34 heavy (non-hydrogen) atoms. The first-order valence-corrected chi connectivity index (χ1v) is 11.3. The third-order valence-electron chi connectivity index (χ3n) is 6.65. The number of benzene rings is 1. The van der Waals surface area contributed by atoms with E-state index in [0.29, 0.717) is 67.8 Å². The normalized spacial score (nSPS) is 21.0. The summed E-state index contributed by atoms with van der Waals surface area (Å²) in [5, 5.41) is 2.30. The molecule has 0 saturated carbocycles. The van der Waals surface area contributed by atoms with E-state index in [4.69, 9.17) is 4.98 Å². The lowest BCUT2D eigenvalue weighted by Crippen LogP contribution is -2.52. The van der Waals surface area contributed by atoms with Crippen LogP contribution in [0.5, 0.6) is 0 Å². The number of aromatic nitrogens is 1. The van der Waals surface area contributed by atoms with Crippen LogP contribution in [0.1, 0.15) is 44.8 Å². The van der Waals surface area contributed by atoms with Gasteiger partial charge in [-0.3, -0.25) is 29.4 Å². The third kappa shape index (κ3) is 4.16. The summed E-state index contributed by atoms with van der Waals surface area (Å²) < 4.78 is 14.1. The summed E-state index contributed by atoms with van der Waals surface area (Å²) in [6.45, 7) is 3.43. The molecule has 2 aromatic rings. The van der Waals surface area contributed by atoms with Crippen LogP contribution in [0.25, 0.3) is 0 Å². The number of nitrogens with zero attached hydrogens (tertiary/aromatic N) is 4. The van der Waals surface area contributed by atoms with E-state index in [9.17, 15) is 23.6 Å². The molecule has 1 aromatic heterocycles. The lowest BCUT2D eigenvalue weighted by Gasteiger charge is -2.35. The van der Waals surface area contributed by atoms with E-state index in [0.717, 1.165) is 5.82 Å². The van der Waals surface area contributed by atoms with Gasteiger partial charge in [-0.15, -0.1) is 0 Å². The molecule has 10 heteroatoms. The van der Waals surface area contributed by atoms with Gasteiger partial charge < -0.3 is 9.80 Å². The molecule has 2 saturated heterocycles. The number of amides is 3. The van der Waals surface area contributed by atoms with Gasteiger partial charge in [0.25, 0.3) is 5.91 Å². The summed E-state index contributed by atoms with van der Waals surface area (Å²) in [4.78, 5) is 57.9. The second-order valence-corrected chi connectivity index (χ2v) is 8.80. The Morgan fingerprint density at radius 1 is 1.09 bits per heavy atom. The number of hydrogen-bond acceptors (Lipinski definition) is 7. The molecule has 2 fully saturated rings. The Kier molecular flexibility index (Phi) is 5.82. The Hall–Kier alpha value is -3.66. The van der Waals surface area contributed by atoms with Crippen molar-refractivity contribution in [1.29, 1.82) is 0 Å². The Morgan fingerprint density at radius 2 is 1.88 bits per heavy atom. The first kappa shape index (κ1) is 22.1. The smallest absolute Gasteiger partial charge is 0.256 e. The van der Waals surface area contributed by atoms with Crippen molar-refractivity contribution >= 4 is 29.8 Å². The molecule has 5 rings (SSSR count). The quantitative estimate of drug-likeness (QED) is 0.521. The van der Waals surface area contributed by atoms with Gasteiger partial charge in [-0.2, -0.15) is 0 Å². The van der Waals surface area contributed by atoms with E-state index >= 15 is 0 Å². The Labute approximate surface area is 195 Å². The highest BCUT2D eigenvalue weighted by molar-refractivity contribution is 6.05. The molecule has 0 bridgehead atoms. The van der Waals surface area contributed by atoms with Crippen molar-refractivity contribution in [2.24, 2.45) is 0 Å². The predicted molar refractivity (Wildman–Crippen MR) is 120 cm³/mol. The van der Waals surface area contributed by atoms with Gasteiger partial charge in [-0.05, 0) is 36.8 Å². The number of piperazine rings is 1. The molecule has 1 atom stereocenters. The van der Waals surface area contributed by atoms with E-state index < -0.39 is 11.9 Å². The number of halogens is 1. The SMILES string of the molecule is O=Cc1ccc(F)c(CN2CCN(c3ccc4c(n3)CN(C3CCC(=O)NC3=O)C4=O)CC2)c1. The highest BCUT2D eigenvalue weighted by Gasteiger charge is 2.40. The summed E-state index contributed by atoms with van der Waals surface area (Å²) in [6, 6.07) is 7.27. The van der Waals surface area contributed by atoms with Crippen molar-refractivity contribution in [2.75, 3.05) is 31.1 Å². The highest BCUT2D eigenvalue weighted by Crippen LogP contribution is 2.28. The predicted octanol–water partition coefficient (Wildman–Crippen LogP) is 1.12. The van der Waals surface area contributed by atoms with Gasteiger partial charge >= 0.3 is 0 Å². The molecule has 3 aliphatic heterocycles. The molecule has 0 radical (unpaired) electrons. The number of carbonyl (C=O) groups is 4. The van der Waals surface area contributed by atoms with E-state index in [1.165, 1.54) is 17.0 Å². The number of rotatable bonds is 5. The average Bonchev–Trinajstić information content (AvgIpc) is 3.16. The maximum absolute atomic E-state index is 14.1. The largest absolute Gasteiger partial charge is 0.354 e. The number of carbonyl (C=O) groups excluding carboxylic acids is 4. The van der Waals surface area contributed by atoms with E-state index in [2.05, 4.69) is 15.1 Å². The minimum Gasteiger partial charge on any atom is -0.354 e. The first-order valence-electron chi connectivity index (χ1n) is 11.3. The van der Waals surface area contributed by atoms with Crippen LogP contribution in [0.3, 0.4) is 0 Å². The monoisotopic (exact) mass is 465 g/mol. The fraction of sp³-hybridized carbons (Fsp3) is 0.375. The zero-order valence-corrected chi connectivity index (χ0v) is 18.5. The second-order valence-electron chi connectivity index (χ2n) is 8.80. The van der Waals surface area contributed by atoms with E-state index in [1.807, 2.05) is 6.07 Å². The molecule has 1 unspecified atom stereocenters. The van der Waals surface area contributed by atoms with Crippen molar-refractivity contribution in [3.05, 3.63) is 58.5 Å². The number of anilines is 1. The average molecular weight is 465 g/mol. The zero-order chi connectivity index (χ0) is 23.8. The summed E-state index contributed by atoms with van der Waals surface area (Å²) in [5.41, 5.74) is 2.07. The molecule has 3 amide bonds. The van der Waals surface area contributed by atoms with Crippen LogP contribution in [0.4, 0.5) is 10.2 Å². The number of aldehydes is 1. The number of hydrogen-bond donors (Lipinski definition) is 1. The number of pyridine rings is 1. The van der Waals surface area contributed by atoms with Crippen molar-refractivity contribution in [1.82, 2.24) is 20.1 Å². The maximum Gasteiger partial charge on any atom is 0.256 e. The van der Waals surface area contributed by atoms with Gasteiger partial charge in [-0.25, -0.2) is 9.37 Å². The Balaban J connectivity index is 1.23. The van der Waals surface area contributed by atoms with E-state index in [-0.39, 0.29) is 30.6 Å². The summed E-state index contributed by atoms with van der Waals surface area (Å²) in [6.07, 6.45) is 1.24. The van der Waals surface area contributed by atoms with Crippen molar-refractivity contribution in [3.63, 3.8) is 0 Å². The van der Waals surface area contributed by atoms with Gasteiger partial charge in [0.05, 0.1) is 17.8 Å². The third-order valence-corrected chi connectivity index (χ3v) is 6.65. The van der Waals surface area contributed by atoms with Crippen LogP contribution in [0.15, 0.2) is 30.3 Å². The van der Waals surface area contributed by atoms with Crippen LogP contribution < -0.4 is 10.2 Å². The van der Waals surface area contributed by atoms with Crippen LogP contribution in [0, 0.1) is 5.82 Å². The molecule has 1 N–H and O–H groups in total. The fourth-order valence-electron chi connectivity index (χ4n) is 4.77. The number of piperidine rings is 1. The van der Waals surface area contributed by atoms with Crippen molar-refractivity contribution in [2.45, 2.75) is 32.0 Å². The van der Waals surface area contributed by atoms with Gasteiger partial charge in [0.15, 0.2) is 0 Å². The van der Waals surface area contributed by atoms with Crippen LogP contribution in [-0.2, 0) is 22.7 Å². The summed E-state index contributed by atoms with van der Waals surface area (Å²) in [5.74, 6) is -0.565.